The second-order valence-corrected chi connectivity index (χ2v) is 8.51. The molecule has 0 spiro atoms. The summed E-state index contributed by atoms with van der Waals surface area (Å²) in [5.41, 5.74) is 5.27. The summed E-state index contributed by atoms with van der Waals surface area (Å²) in [5, 5.41) is 5.04. The Kier molecular flexibility index (Phi) is 7.80. The molecule has 2 atom stereocenters. The van der Waals surface area contributed by atoms with Gasteiger partial charge in [-0.15, -0.1) is 6.58 Å². The number of hydrogen-bond acceptors (Lipinski definition) is 5. The standard InChI is InChI=1S/C29H28N2O5/c1-3-26(27(32)30-19(2)28(33)35-17-20-11-5-4-6-12-20)31-29(34)36-18-25-23-15-9-7-13-21(23)22-14-8-10-16-24(22)25/h3-16,19,25-26H,1,17-18H2,2H3,(H,30,32)(H,31,34)/t19-,26+/m1/s1. The molecule has 0 radical (unpaired) electrons. The number of nitrogens with one attached hydrogen (secondary N) is 2. The molecule has 4 rings (SSSR count). The number of amides is 2. The lowest BCUT2D eigenvalue weighted by Gasteiger charge is -2.19. The molecular formula is C29H28N2O5. The van der Waals surface area contributed by atoms with E-state index in [4.69, 9.17) is 9.47 Å². The maximum Gasteiger partial charge on any atom is 0.408 e. The Balaban J connectivity index is 1.29. The molecule has 7 heteroatoms. The molecular weight excluding hydrogens is 456 g/mol. The van der Waals surface area contributed by atoms with Gasteiger partial charge >= 0.3 is 12.1 Å². The van der Waals surface area contributed by atoms with E-state index in [2.05, 4.69) is 29.3 Å². The maximum atomic E-state index is 12.6. The number of alkyl carbamates (subject to hydrolysis) is 1. The van der Waals surface area contributed by atoms with Crippen molar-refractivity contribution in [2.24, 2.45) is 0 Å². The monoisotopic (exact) mass is 484 g/mol. The molecule has 1 aliphatic carbocycles. The Morgan fingerprint density at radius 3 is 2.06 bits per heavy atom. The molecule has 0 heterocycles. The van der Waals surface area contributed by atoms with Crippen LogP contribution in [0.5, 0.6) is 0 Å². The number of esters is 1. The molecule has 0 saturated carbocycles. The number of benzene rings is 3. The lowest BCUT2D eigenvalue weighted by Crippen LogP contribution is -2.50. The minimum atomic E-state index is -1.08. The summed E-state index contributed by atoms with van der Waals surface area (Å²) in [7, 11) is 0. The molecule has 0 aromatic heterocycles. The van der Waals surface area contributed by atoms with Gasteiger partial charge in [0.25, 0.3) is 0 Å². The quantitative estimate of drug-likeness (QED) is 0.348. The van der Waals surface area contributed by atoms with E-state index in [0.717, 1.165) is 27.8 Å². The third-order valence-electron chi connectivity index (χ3n) is 6.07. The topological polar surface area (TPSA) is 93.7 Å². The van der Waals surface area contributed by atoms with Crippen LogP contribution in [0.4, 0.5) is 4.79 Å². The smallest absolute Gasteiger partial charge is 0.408 e. The molecule has 7 nitrogen and oxygen atoms in total. The molecule has 0 saturated heterocycles. The van der Waals surface area contributed by atoms with E-state index in [0.29, 0.717) is 0 Å². The Morgan fingerprint density at radius 1 is 0.861 bits per heavy atom. The van der Waals surface area contributed by atoms with Gasteiger partial charge in [-0.05, 0) is 34.7 Å². The lowest BCUT2D eigenvalue weighted by molar-refractivity contribution is -0.148. The van der Waals surface area contributed by atoms with E-state index in [1.807, 2.05) is 66.7 Å². The average molecular weight is 485 g/mol. The third kappa shape index (κ3) is 5.63. The molecule has 2 amide bonds. The summed E-state index contributed by atoms with van der Waals surface area (Å²) >= 11 is 0. The second-order valence-electron chi connectivity index (χ2n) is 8.51. The van der Waals surface area contributed by atoms with Gasteiger partial charge in [0.15, 0.2) is 0 Å². The van der Waals surface area contributed by atoms with Gasteiger partial charge in [-0.1, -0.05) is 84.9 Å². The van der Waals surface area contributed by atoms with Crippen molar-refractivity contribution in [2.75, 3.05) is 6.61 Å². The highest BCUT2D eigenvalue weighted by atomic mass is 16.5. The molecule has 184 valence electrons. The molecule has 3 aromatic carbocycles. The third-order valence-corrected chi connectivity index (χ3v) is 6.07. The van der Waals surface area contributed by atoms with Gasteiger partial charge in [0.1, 0.15) is 25.3 Å². The zero-order valence-electron chi connectivity index (χ0n) is 20.0. The van der Waals surface area contributed by atoms with E-state index < -0.39 is 30.1 Å². The fraction of sp³-hybridized carbons (Fsp3) is 0.207. The van der Waals surface area contributed by atoms with E-state index >= 15 is 0 Å². The minimum absolute atomic E-state index is 0.0986. The lowest BCUT2D eigenvalue weighted by atomic mass is 9.98. The zero-order chi connectivity index (χ0) is 25.5. The Labute approximate surface area is 210 Å². The van der Waals surface area contributed by atoms with Crippen molar-refractivity contribution in [3.05, 3.63) is 108 Å². The van der Waals surface area contributed by atoms with Crippen molar-refractivity contribution >= 4 is 18.0 Å². The van der Waals surface area contributed by atoms with Crippen LogP contribution < -0.4 is 10.6 Å². The van der Waals surface area contributed by atoms with Crippen LogP contribution in [0.3, 0.4) is 0 Å². The predicted octanol–water partition coefficient (Wildman–Crippen LogP) is 4.33. The van der Waals surface area contributed by atoms with Crippen LogP contribution in [0.15, 0.2) is 91.5 Å². The SMILES string of the molecule is C=C[C@H](NC(=O)OCC1c2ccccc2-c2ccccc21)C(=O)N[C@H](C)C(=O)OCc1ccccc1. The fourth-order valence-electron chi connectivity index (χ4n) is 4.21. The number of ether oxygens (including phenoxy) is 2. The fourth-order valence-corrected chi connectivity index (χ4v) is 4.21. The number of hydrogen-bond donors (Lipinski definition) is 2. The highest BCUT2D eigenvalue weighted by Crippen LogP contribution is 2.44. The van der Waals surface area contributed by atoms with E-state index in [9.17, 15) is 14.4 Å². The number of fused-ring (bicyclic) bond motifs is 3. The number of rotatable bonds is 9. The molecule has 0 unspecified atom stereocenters. The van der Waals surface area contributed by atoms with Crippen molar-refractivity contribution in [3.8, 4) is 11.1 Å². The van der Waals surface area contributed by atoms with Gasteiger partial charge in [0.05, 0.1) is 0 Å². The van der Waals surface area contributed by atoms with Gasteiger partial charge in [-0.25, -0.2) is 9.59 Å². The van der Waals surface area contributed by atoms with Crippen LogP contribution in [0, 0.1) is 0 Å². The molecule has 3 aromatic rings. The van der Waals surface area contributed by atoms with Crippen molar-refractivity contribution in [1.29, 1.82) is 0 Å². The van der Waals surface area contributed by atoms with Crippen molar-refractivity contribution in [2.45, 2.75) is 31.5 Å². The summed E-state index contributed by atoms with van der Waals surface area (Å²) in [6.45, 7) is 5.34. The van der Waals surface area contributed by atoms with Crippen LogP contribution in [0.25, 0.3) is 11.1 Å². The highest BCUT2D eigenvalue weighted by Gasteiger charge is 2.30. The predicted molar refractivity (Wildman–Crippen MR) is 136 cm³/mol. The van der Waals surface area contributed by atoms with E-state index in [1.54, 1.807) is 0 Å². The Bertz CT molecular complexity index is 1210. The minimum Gasteiger partial charge on any atom is -0.459 e. The molecule has 36 heavy (non-hydrogen) atoms. The second kappa shape index (κ2) is 11.4. The van der Waals surface area contributed by atoms with Gasteiger partial charge in [0.2, 0.25) is 5.91 Å². The normalized spacial score (nSPS) is 13.5. The number of carbonyl (C=O) groups is 3. The van der Waals surface area contributed by atoms with Gasteiger partial charge in [-0.2, -0.15) is 0 Å². The van der Waals surface area contributed by atoms with E-state index in [1.165, 1.54) is 13.0 Å². The average Bonchev–Trinajstić information content (AvgIpc) is 3.23. The first-order valence-electron chi connectivity index (χ1n) is 11.7. The molecule has 1 aliphatic rings. The van der Waals surface area contributed by atoms with Crippen molar-refractivity contribution in [3.63, 3.8) is 0 Å². The molecule has 0 aliphatic heterocycles. The van der Waals surface area contributed by atoms with Crippen LogP contribution in [0.1, 0.15) is 29.5 Å². The Morgan fingerprint density at radius 2 is 1.44 bits per heavy atom. The summed E-state index contributed by atoms with van der Waals surface area (Å²) < 4.78 is 10.7. The van der Waals surface area contributed by atoms with Gasteiger partial charge < -0.3 is 20.1 Å². The molecule has 2 N–H and O–H groups in total. The van der Waals surface area contributed by atoms with Crippen molar-refractivity contribution < 1.29 is 23.9 Å². The van der Waals surface area contributed by atoms with Crippen LogP contribution in [-0.2, 0) is 25.7 Å². The van der Waals surface area contributed by atoms with Crippen LogP contribution in [0.2, 0.25) is 0 Å². The summed E-state index contributed by atoms with van der Waals surface area (Å²) in [5.74, 6) is -1.28. The Hall–Kier alpha value is -4.39. The summed E-state index contributed by atoms with van der Waals surface area (Å²) in [6.07, 6.45) is 0.523. The van der Waals surface area contributed by atoms with Gasteiger partial charge in [0, 0.05) is 5.92 Å². The summed E-state index contributed by atoms with van der Waals surface area (Å²) in [6, 6.07) is 23.3. The van der Waals surface area contributed by atoms with Crippen molar-refractivity contribution in [1.82, 2.24) is 10.6 Å². The zero-order valence-corrected chi connectivity index (χ0v) is 20.0. The molecule has 0 fully saturated rings. The summed E-state index contributed by atoms with van der Waals surface area (Å²) in [4.78, 5) is 37.4. The first kappa shape index (κ1) is 24.7. The molecule has 0 bridgehead atoms. The first-order chi connectivity index (χ1) is 17.5. The van der Waals surface area contributed by atoms with Crippen LogP contribution in [-0.4, -0.2) is 36.7 Å². The number of carbonyl (C=O) groups excluding carboxylic acids is 3. The maximum absolute atomic E-state index is 12.6. The van der Waals surface area contributed by atoms with Crippen LogP contribution >= 0.6 is 0 Å². The highest BCUT2D eigenvalue weighted by molar-refractivity contribution is 5.90. The van der Waals surface area contributed by atoms with Gasteiger partial charge in [-0.3, -0.25) is 4.79 Å². The first-order valence-corrected chi connectivity index (χ1v) is 11.7. The largest absolute Gasteiger partial charge is 0.459 e. The van der Waals surface area contributed by atoms with E-state index in [-0.39, 0.29) is 19.1 Å².